The summed E-state index contributed by atoms with van der Waals surface area (Å²) < 4.78 is 13.9. The van der Waals surface area contributed by atoms with Gasteiger partial charge in [0.1, 0.15) is 0 Å². The molecule has 0 saturated carbocycles. The van der Waals surface area contributed by atoms with Crippen molar-refractivity contribution in [3.63, 3.8) is 0 Å². The first-order chi connectivity index (χ1) is 11.1. The molecule has 1 amide bonds. The molecule has 7 heteroatoms. The zero-order valence-electron chi connectivity index (χ0n) is 13.9. The van der Waals surface area contributed by atoms with Crippen molar-refractivity contribution < 1.29 is 14.3 Å². The number of thioether (sulfide) groups is 1. The number of hydrogen-bond donors (Lipinski definition) is 0. The number of thiazole rings is 1. The Bertz CT molecular complexity index is 750. The second kappa shape index (κ2) is 8.40. The lowest BCUT2D eigenvalue weighted by Crippen LogP contribution is -2.18. The van der Waals surface area contributed by atoms with Crippen molar-refractivity contribution in [3.8, 4) is 11.5 Å². The highest BCUT2D eigenvalue weighted by atomic mass is 32.2. The van der Waals surface area contributed by atoms with Crippen molar-refractivity contribution in [2.45, 2.75) is 26.3 Å². The van der Waals surface area contributed by atoms with Crippen LogP contribution in [0.5, 0.6) is 11.5 Å². The van der Waals surface area contributed by atoms with Crippen LogP contribution in [0, 0.1) is 0 Å². The molecule has 2 rings (SSSR count). The number of fused-ring (bicyclic) bond motifs is 1. The van der Waals surface area contributed by atoms with Crippen molar-refractivity contribution in [2.24, 2.45) is 4.99 Å². The van der Waals surface area contributed by atoms with E-state index in [9.17, 15) is 4.79 Å². The first-order valence-electron chi connectivity index (χ1n) is 7.46. The van der Waals surface area contributed by atoms with Crippen LogP contribution in [0.25, 0.3) is 10.2 Å². The van der Waals surface area contributed by atoms with Gasteiger partial charge < -0.3 is 14.0 Å². The summed E-state index contributed by atoms with van der Waals surface area (Å²) in [5.41, 5.74) is 1.02. The molecular formula is C16H22N2O3S2. The topological polar surface area (TPSA) is 52.8 Å². The minimum Gasteiger partial charge on any atom is -0.493 e. The number of amides is 1. The number of aromatic nitrogens is 1. The van der Waals surface area contributed by atoms with Gasteiger partial charge in [0.25, 0.3) is 0 Å². The van der Waals surface area contributed by atoms with Crippen molar-refractivity contribution in [2.75, 3.05) is 26.2 Å². The molecule has 0 radical (unpaired) electrons. The zero-order valence-corrected chi connectivity index (χ0v) is 15.6. The summed E-state index contributed by atoms with van der Waals surface area (Å²) >= 11 is 3.27. The van der Waals surface area contributed by atoms with E-state index in [1.807, 2.05) is 19.1 Å². The molecule has 1 aromatic heterocycles. The van der Waals surface area contributed by atoms with Crippen molar-refractivity contribution in [1.82, 2.24) is 4.57 Å². The van der Waals surface area contributed by atoms with E-state index in [0.29, 0.717) is 17.9 Å². The van der Waals surface area contributed by atoms with Crippen LogP contribution in [-0.4, -0.2) is 36.7 Å². The molecule has 0 bridgehead atoms. The largest absolute Gasteiger partial charge is 0.493 e. The van der Waals surface area contributed by atoms with Gasteiger partial charge in [0.05, 0.1) is 24.4 Å². The van der Waals surface area contributed by atoms with E-state index in [4.69, 9.17) is 9.47 Å². The summed E-state index contributed by atoms with van der Waals surface area (Å²) in [5, 5.41) is 0. The molecule has 0 aliphatic carbocycles. The maximum absolute atomic E-state index is 11.9. The van der Waals surface area contributed by atoms with Gasteiger partial charge in [-0.1, -0.05) is 18.3 Å². The molecule has 1 aromatic carbocycles. The Balaban J connectivity index is 2.63. The second-order valence-corrected chi connectivity index (χ2v) is 6.95. The highest BCUT2D eigenvalue weighted by Gasteiger charge is 2.13. The van der Waals surface area contributed by atoms with Crippen LogP contribution in [0.1, 0.15) is 19.8 Å². The predicted octanol–water partition coefficient (Wildman–Crippen LogP) is 3.31. The lowest BCUT2D eigenvalue weighted by Gasteiger charge is -2.09. The highest BCUT2D eigenvalue weighted by molar-refractivity contribution is 7.98. The Labute approximate surface area is 144 Å². The van der Waals surface area contributed by atoms with E-state index in [1.54, 1.807) is 26.0 Å². The Kier molecular flexibility index (Phi) is 6.53. The van der Waals surface area contributed by atoms with E-state index in [0.717, 1.165) is 33.7 Å². The minimum atomic E-state index is -0.0733. The minimum absolute atomic E-state index is 0.0733. The first-order valence-corrected chi connectivity index (χ1v) is 9.67. The van der Waals surface area contributed by atoms with E-state index < -0.39 is 0 Å². The number of aryl methyl sites for hydroxylation is 1. The monoisotopic (exact) mass is 354 g/mol. The fourth-order valence-electron chi connectivity index (χ4n) is 2.26. The number of rotatable bonds is 7. The van der Waals surface area contributed by atoms with E-state index in [1.165, 1.54) is 11.3 Å². The average Bonchev–Trinajstić information content (AvgIpc) is 2.87. The van der Waals surface area contributed by atoms with Gasteiger partial charge in [0.15, 0.2) is 16.3 Å². The standard InChI is InChI=1S/C16H22N2O3S2/c1-5-6-15(19)17-16-18(7-8-22-4)11-9-12(20-2)13(21-3)10-14(11)23-16/h9-10H,5-8H2,1-4H3. The summed E-state index contributed by atoms with van der Waals surface area (Å²) in [4.78, 5) is 17.0. The summed E-state index contributed by atoms with van der Waals surface area (Å²) in [6, 6.07) is 3.89. The van der Waals surface area contributed by atoms with Gasteiger partial charge in [-0.15, -0.1) is 0 Å². The first kappa shape index (κ1) is 17.9. The third-order valence-corrected chi connectivity index (χ3v) is 5.02. The van der Waals surface area contributed by atoms with Gasteiger partial charge >= 0.3 is 0 Å². The van der Waals surface area contributed by atoms with Crippen molar-refractivity contribution in [1.29, 1.82) is 0 Å². The number of ether oxygens (including phenoxy) is 2. The zero-order chi connectivity index (χ0) is 16.8. The molecule has 0 spiro atoms. The number of carbonyl (C=O) groups is 1. The molecule has 0 N–H and O–H groups in total. The number of benzene rings is 1. The van der Waals surface area contributed by atoms with Crippen LogP contribution in [-0.2, 0) is 11.3 Å². The summed E-state index contributed by atoms with van der Waals surface area (Å²) in [6.45, 7) is 2.78. The quantitative estimate of drug-likeness (QED) is 0.765. The van der Waals surface area contributed by atoms with Gasteiger partial charge in [0.2, 0.25) is 5.91 Å². The fraction of sp³-hybridized carbons (Fsp3) is 0.500. The van der Waals surface area contributed by atoms with E-state index in [2.05, 4.69) is 15.8 Å². The average molecular weight is 354 g/mol. The maximum atomic E-state index is 11.9. The van der Waals surface area contributed by atoms with Crippen LogP contribution in [0.15, 0.2) is 17.1 Å². The Hall–Kier alpha value is -1.47. The third kappa shape index (κ3) is 4.09. The van der Waals surface area contributed by atoms with Crippen LogP contribution in [0.2, 0.25) is 0 Å². The number of carbonyl (C=O) groups excluding carboxylic acids is 1. The Morgan fingerprint density at radius 1 is 1.30 bits per heavy atom. The highest BCUT2D eigenvalue weighted by Crippen LogP contribution is 2.33. The smallest absolute Gasteiger partial charge is 0.248 e. The molecule has 0 saturated heterocycles. The van der Waals surface area contributed by atoms with Crippen LogP contribution < -0.4 is 14.3 Å². The SMILES string of the molecule is CCCC(=O)N=c1sc2cc(OC)c(OC)cc2n1CCSC. The van der Waals surface area contributed by atoms with Crippen LogP contribution in [0.3, 0.4) is 0 Å². The molecule has 2 aromatic rings. The van der Waals surface area contributed by atoms with Crippen molar-refractivity contribution >= 4 is 39.2 Å². The molecule has 0 unspecified atom stereocenters. The van der Waals surface area contributed by atoms with Crippen molar-refractivity contribution in [3.05, 3.63) is 16.9 Å². The number of hydrogen-bond acceptors (Lipinski definition) is 5. The second-order valence-electron chi connectivity index (χ2n) is 4.96. The Morgan fingerprint density at radius 3 is 2.61 bits per heavy atom. The molecule has 0 fully saturated rings. The number of nitrogens with zero attached hydrogens (tertiary/aromatic N) is 2. The van der Waals surface area contributed by atoms with Gasteiger partial charge in [-0.25, -0.2) is 0 Å². The molecule has 0 atom stereocenters. The van der Waals surface area contributed by atoms with Crippen LogP contribution >= 0.6 is 23.1 Å². The molecule has 0 aliphatic rings. The van der Waals surface area contributed by atoms with E-state index >= 15 is 0 Å². The third-order valence-electron chi connectivity index (χ3n) is 3.39. The maximum Gasteiger partial charge on any atom is 0.248 e. The lowest BCUT2D eigenvalue weighted by molar-refractivity contribution is -0.118. The normalized spacial score (nSPS) is 11.9. The molecule has 5 nitrogen and oxygen atoms in total. The van der Waals surface area contributed by atoms with Gasteiger partial charge in [-0.3, -0.25) is 4.79 Å². The fourth-order valence-corrected chi connectivity index (χ4v) is 3.71. The summed E-state index contributed by atoms with van der Waals surface area (Å²) in [6.07, 6.45) is 3.35. The molecule has 1 heterocycles. The molecule has 126 valence electrons. The number of methoxy groups -OCH3 is 2. The Morgan fingerprint density at radius 2 is 2.00 bits per heavy atom. The van der Waals surface area contributed by atoms with Crippen LogP contribution in [0.4, 0.5) is 0 Å². The van der Waals surface area contributed by atoms with E-state index in [-0.39, 0.29) is 5.91 Å². The molecular weight excluding hydrogens is 332 g/mol. The molecule has 23 heavy (non-hydrogen) atoms. The predicted molar refractivity (Wildman–Crippen MR) is 96.8 cm³/mol. The summed E-state index contributed by atoms with van der Waals surface area (Å²) in [7, 11) is 3.24. The van der Waals surface area contributed by atoms with Gasteiger partial charge in [-0.2, -0.15) is 16.8 Å². The molecule has 0 aliphatic heterocycles. The summed E-state index contributed by atoms with van der Waals surface area (Å²) in [5.74, 6) is 2.25. The van der Waals surface area contributed by atoms with Gasteiger partial charge in [-0.05, 0) is 12.7 Å². The van der Waals surface area contributed by atoms with Gasteiger partial charge in [0, 0.05) is 30.9 Å². The lowest BCUT2D eigenvalue weighted by atomic mass is 10.3.